The average molecular weight is 263 g/mol. The maximum Gasteiger partial charge on any atom is 0.238 e. The van der Waals surface area contributed by atoms with E-state index in [1.807, 2.05) is 7.05 Å². The summed E-state index contributed by atoms with van der Waals surface area (Å²) in [5.41, 5.74) is 6.94. The second kappa shape index (κ2) is 5.93. The van der Waals surface area contributed by atoms with Crippen molar-refractivity contribution in [1.82, 2.24) is 4.90 Å². The molecule has 1 amide bonds. The Hall–Kier alpha value is -1.75. The SMILES string of the molecule is COc1cc(N)ccc1NC(=O)CN(C)CC1CC1. The van der Waals surface area contributed by atoms with E-state index in [-0.39, 0.29) is 5.91 Å². The maximum atomic E-state index is 11.9. The number of ether oxygens (including phenoxy) is 1. The number of nitrogens with zero attached hydrogens (tertiary/aromatic N) is 1. The molecule has 0 bridgehead atoms. The molecule has 3 N–H and O–H groups in total. The molecule has 1 aromatic carbocycles. The third kappa shape index (κ3) is 4.13. The number of benzene rings is 1. The van der Waals surface area contributed by atoms with Crippen LogP contribution < -0.4 is 15.8 Å². The second-order valence-electron chi connectivity index (χ2n) is 5.15. The Kier molecular flexibility index (Phi) is 4.27. The predicted molar refractivity (Wildman–Crippen MR) is 76.3 cm³/mol. The Morgan fingerprint density at radius 1 is 1.53 bits per heavy atom. The molecule has 19 heavy (non-hydrogen) atoms. The van der Waals surface area contributed by atoms with Crippen molar-refractivity contribution in [3.63, 3.8) is 0 Å². The quantitative estimate of drug-likeness (QED) is 0.764. The zero-order valence-corrected chi connectivity index (χ0v) is 11.5. The van der Waals surface area contributed by atoms with Crippen LogP contribution in [0.1, 0.15) is 12.8 Å². The first-order chi connectivity index (χ1) is 9.08. The van der Waals surface area contributed by atoms with Crippen molar-refractivity contribution in [2.75, 3.05) is 38.3 Å². The van der Waals surface area contributed by atoms with E-state index in [9.17, 15) is 4.79 Å². The number of carbonyl (C=O) groups is 1. The van der Waals surface area contributed by atoms with Gasteiger partial charge in [-0.2, -0.15) is 0 Å². The van der Waals surface area contributed by atoms with Crippen LogP contribution >= 0.6 is 0 Å². The van der Waals surface area contributed by atoms with Gasteiger partial charge in [-0.15, -0.1) is 0 Å². The number of amides is 1. The lowest BCUT2D eigenvalue weighted by Gasteiger charge is -2.16. The molecule has 0 heterocycles. The molecular formula is C14H21N3O2. The Labute approximate surface area is 113 Å². The molecule has 1 saturated carbocycles. The fourth-order valence-electron chi connectivity index (χ4n) is 2.05. The van der Waals surface area contributed by atoms with Gasteiger partial charge in [-0.05, 0) is 37.9 Å². The summed E-state index contributed by atoms with van der Waals surface area (Å²) in [6.07, 6.45) is 2.58. The lowest BCUT2D eigenvalue weighted by atomic mass is 10.2. The standard InChI is InChI=1S/C14H21N3O2/c1-17(8-10-3-4-10)9-14(18)16-12-6-5-11(15)7-13(12)19-2/h5-7,10H,3-4,8-9,15H2,1-2H3,(H,16,18). The van der Waals surface area contributed by atoms with Crippen LogP contribution in [0.2, 0.25) is 0 Å². The first-order valence-corrected chi connectivity index (χ1v) is 6.50. The number of likely N-dealkylation sites (N-methyl/N-ethyl adjacent to an activating group) is 1. The van der Waals surface area contributed by atoms with Crippen molar-refractivity contribution >= 4 is 17.3 Å². The maximum absolute atomic E-state index is 11.9. The van der Waals surface area contributed by atoms with Gasteiger partial charge in [0, 0.05) is 18.3 Å². The van der Waals surface area contributed by atoms with Crippen molar-refractivity contribution in [3.8, 4) is 5.75 Å². The van der Waals surface area contributed by atoms with Crippen molar-refractivity contribution in [3.05, 3.63) is 18.2 Å². The smallest absolute Gasteiger partial charge is 0.238 e. The molecule has 0 aliphatic heterocycles. The summed E-state index contributed by atoms with van der Waals surface area (Å²) in [6, 6.07) is 5.20. The van der Waals surface area contributed by atoms with E-state index in [2.05, 4.69) is 10.2 Å². The number of nitrogen functional groups attached to an aromatic ring is 1. The highest BCUT2D eigenvalue weighted by atomic mass is 16.5. The molecule has 1 aliphatic rings. The Morgan fingerprint density at radius 3 is 2.89 bits per heavy atom. The van der Waals surface area contributed by atoms with E-state index in [4.69, 9.17) is 10.5 Å². The van der Waals surface area contributed by atoms with Crippen molar-refractivity contribution in [2.24, 2.45) is 5.92 Å². The third-order valence-electron chi connectivity index (χ3n) is 3.18. The highest BCUT2D eigenvalue weighted by Gasteiger charge is 2.23. The summed E-state index contributed by atoms with van der Waals surface area (Å²) in [7, 11) is 3.53. The monoisotopic (exact) mass is 263 g/mol. The van der Waals surface area contributed by atoms with Gasteiger partial charge in [-0.1, -0.05) is 0 Å². The molecule has 0 unspecified atom stereocenters. The van der Waals surface area contributed by atoms with Gasteiger partial charge in [-0.25, -0.2) is 0 Å². The first kappa shape index (κ1) is 13.7. The molecule has 5 nitrogen and oxygen atoms in total. The van der Waals surface area contributed by atoms with E-state index < -0.39 is 0 Å². The number of rotatable bonds is 6. The summed E-state index contributed by atoms with van der Waals surface area (Å²) in [4.78, 5) is 14.0. The van der Waals surface area contributed by atoms with Gasteiger partial charge in [0.2, 0.25) is 5.91 Å². The van der Waals surface area contributed by atoms with Crippen LogP contribution in [0, 0.1) is 5.92 Å². The molecule has 0 spiro atoms. The number of nitrogens with one attached hydrogen (secondary N) is 1. The van der Waals surface area contributed by atoms with Crippen LogP contribution in [0.25, 0.3) is 0 Å². The number of hydrogen-bond donors (Lipinski definition) is 2. The highest BCUT2D eigenvalue weighted by molar-refractivity contribution is 5.94. The number of anilines is 2. The van der Waals surface area contributed by atoms with Gasteiger partial charge in [-0.3, -0.25) is 9.69 Å². The fourth-order valence-corrected chi connectivity index (χ4v) is 2.05. The van der Waals surface area contributed by atoms with Gasteiger partial charge in [0.15, 0.2) is 0 Å². The minimum Gasteiger partial charge on any atom is -0.494 e. The molecule has 2 rings (SSSR count). The van der Waals surface area contributed by atoms with Crippen molar-refractivity contribution in [2.45, 2.75) is 12.8 Å². The molecule has 1 aromatic rings. The molecule has 0 radical (unpaired) electrons. The molecule has 1 fully saturated rings. The Morgan fingerprint density at radius 2 is 2.26 bits per heavy atom. The molecule has 1 aliphatic carbocycles. The molecule has 104 valence electrons. The third-order valence-corrected chi connectivity index (χ3v) is 3.18. The molecule has 0 aromatic heterocycles. The number of hydrogen-bond acceptors (Lipinski definition) is 4. The summed E-state index contributed by atoms with van der Waals surface area (Å²) >= 11 is 0. The molecular weight excluding hydrogens is 242 g/mol. The number of nitrogens with two attached hydrogens (primary N) is 1. The summed E-state index contributed by atoms with van der Waals surface area (Å²) in [6.45, 7) is 1.39. The lowest BCUT2D eigenvalue weighted by molar-refractivity contribution is -0.117. The fraction of sp³-hybridized carbons (Fsp3) is 0.500. The van der Waals surface area contributed by atoms with Crippen LogP contribution in [0.4, 0.5) is 11.4 Å². The first-order valence-electron chi connectivity index (χ1n) is 6.50. The van der Waals surface area contributed by atoms with Crippen LogP contribution in [0.5, 0.6) is 5.75 Å². The van der Waals surface area contributed by atoms with Crippen LogP contribution in [0.15, 0.2) is 18.2 Å². The molecule has 5 heteroatoms. The van der Waals surface area contributed by atoms with E-state index in [0.29, 0.717) is 23.7 Å². The number of carbonyl (C=O) groups excluding carboxylic acids is 1. The predicted octanol–water partition coefficient (Wildman–Crippen LogP) is 1.56. The topological polar surface area (TPSA) is 67.6 Å². The lowest BCUT2D eigenvalue weighted by Crippen LogP contribution is -2.31. The number of methoxy groups -OCH3 is 1. The summed E-state index contributed by atoms with van der Waals surface area (Å²) < 4.78 is 5.20. The van der Waals surface area contributed by atoms with Crippen molar-refractivity contribution < 1.29 is 9.53 Å². The Bertz CT molecular complexity index is 458. The Balaban J connectivity index is 1.90. The van der Waals surface area contributed by atoms with Gasteiger partial charge in [0.05, 0.1) is 19.3 Å². The van der Waals surface area contributed by atoms with E-state index >= 15 is 0 Å². The van der Waals surface area contributed by atoms with E-state index in [1.54, 1.807) is 25.3 Å². The normalized spacial score (nSPS) is 14.5. The average Bonchev–Trinajstić information content (AvgIpc) is 3.14. The van der Waals surface area contributed by atoms with E-state index in [1.165, 1.54) is 12.8 Å². The van der Waals surface area contributed by atoms with Crippen LogP contribution in [-0.2, 0) is 4.79 Å². The summed E-state index contributed by atoms with van der Waals surface area (Å²) in [5, 5.41) is 2.85. The van der Waals surface area contributed by atoms with Gasteiger partial charge >= 0.3 is 0 Å². The van der Waals surface area contributed by atoms with Crippen LogP contribution in [0.3, 0.4) is 0 Å². The minimum absolute atomic E-state index is 0.0359. The minimum atomic E-state index is -0.0359. The van der Waals surface area contributed by atoms with Gasteiger partial charge in [0.25, 0.3) is 0 Å². The second-order valence-corrected chi connectivity index (χ2v) is 5.15. The zero-order chi connectivity index (χ0) is 13.8. The largest absolute Gasteiger partial charge is 0.494 e. The summed E-state index contributed by atoms with van der Waals surface area (Å²) in [5.74, 6) is 1.33. The molecule has 0 saturated heterocycles. The van der Waals surface area contributed by atoms with Gasteiger partial charge < -0.3 is 15.8 Å². The highest BCUT2D eigenvalue weighted by Crippen LogP contribution is 2.29. The zero-order valence-electron chi connectivity index (χ0n) is 11.5. The van der Waals surface area contributed by atoms with E-state index in [0.717, 1.165) is 12.5 Å². The van der Waals surface area contributed by atoms with Crippen molar-refractivity contribution in [1.29, 1.82) is 0 Å². The van der Waals surface area contributed by atoms with Gasteiger partial charge in [0.1, 0.15) is 5.75 Å². The van der Waals surface area contributed by atoms with Crippen LogP contribution in [-0.4, -0.2) is 38.1 Å². The molecule has 0 atom stereocenters.